The predicted octanol–water partition coefficient (Wildman–Crippen LogP) is -0.830. The van der Waals surface area contributed by atoms with E-state index < -0.39 is 0 Å². The molecule has 0 aromatic carbocycles. The molecule has 0 aromatic rings. The first-order valence-corrected chi connectivity index (χ1v) is 2.29. The van der Waals surface area contributed by atoms with E-state index in [-0.39, 0.29) is 0 Å². The molecule has 0 aliphatic heterocycles. The number of nitrogens with one attached hydrogen (secondary N) is 2. The minimum atomic E-state index is 0.310. The number of nitrogens with zero attached hydrogens (tertiary/aromatic N) is 1. The molecule has 0 spiro atoms. The Morgan fingerprint density at radius 1 is 2.00 bits per heavy atom. The van der Waals surface area contributed by atoms with Gasteiger partial charge in [0.15, 0.2) is 0 Å². The summed E-state index contributed by atoms with van der Waals surface area (Å²) in [5.41, 5.74) is 8.22. The van der Waals surface area contributed by atoms with Crippen LogP contribution < -0.4 is 11.2 Å². The summed E-state index contributed by atoms with van der Waals surface area (Å²) < 4.78 is 0. The van der Waals surface area contributed by atoms with E-state index in [4.69, 9.17) is 11.1 Å². The van der Waals surface area contributed by atoms with Crippen LogP contribution in [0, 0.1) is 5.41 Å². The first-order chi connectivity index (χ1) is 3.85. The zero-order valence-corrected chi connectivity index (χ0v) is 4.81. The molecule has 0 rings (SSSR count). The fourth-order valence-corrected chi connectivity index (χ4v) is 0.280. The number of nitrogens with two attached hydrogens (primary N) is 1. The van der Waals surface area contributed by atoms with Gasteiger partial charge < -0.3 is 16.6 Å². The quantitative estimate of drug-likeness (QED) is 0.331. The lowest BCUT2D eigenvalue weighted by Gasteiger charge is -1.91. The van der Waals surface area contributed by atoms with Crippen molar-refractivity contribution in [3.05, 3.63) is 0 Å². The molecule has 0 aliphatic rings. The van der Waals surface area contributed by atoms with Crippen LogP contribution in [-0.4, -0.2) is 25.5 Å². The molecule has 4 heteroatoms. The Bertz CT molecular complexity index is 96.2. The molecule has 0 fully saturated rings. The molecule has 0 amide bonds. The van der Waals surface area contributed by atoms with Crippen molar-refractivity contribution in [2.24, 2.45) is 10.8 Å². The number of hydrogen-bond acceptors (Lipinski definition) is 4. The highest BCUT2D eigenvalue weighted by Gasteiger charge is 1.84. The van der Waals surface area contributed by atoms with Gasteiger partial charge in [0.1, 0.15) is 0 Å². The van der Waals surface area contributed by atoms with Gasteiger partial charge in [0.2, 0.25) is 0 Å². The largest absolute Gasteiger partial charge is 0.325 e. The van der Waals surface area contributed by atoms with Crippen LogP contribution in [0.15, 0.2) is 5.10 Å². The minimum Gasteiger partial charge on any atom is -0.325 e. The predicted molar refractivity (Wildman–Crippen MR) is 34.3 cm³/mol. The van der Waals surface area contributed by atoms with Gasteiger partial charge in [-0.05, 0) is 0 Å². The van der Waals surface area contributed by atoms with E-state index in [0.29, 0.717) is 12.3 Å². The van der Waals surface area contributed by atoms with Crippen molar-refractivity contribution in [1.29, 1.82) is 5.41 Å². The molecule has 0 saturated carbocycles. The zero-order chi connectivity index (χ0) is 6.41. The van der Waals surface area contributed by atoms with E-state index in [1.807, 2.05) is 0 Å². The van der Waals surface area contributed by atoms with Crippen LogP contribution in [0.5, 0.6) is 0 Å². The molecular weight excluding hydrogens is 104 g/mol. The van der Waals surface area contributed by atoms with Crippen LogP contribution >= 0.6 is 0 Å². The molecule has 0 aliphatic carbocycles. The number of rotatable bonds is 3. The molecule has 0 radical (unpaired) electrons. The number of hydrazone groups is 1. The second kappa shape index (κ2) is 4.26. The van der Waals surface area contributed by atoms with Crippen LogP contribution in [0.3, 0.4) is 0 Å². The summed E-state index contributed by atoms with van der Waals surface area (Å²) >= 11 is 0. The highest BCUT2D eigenvalue weighted by Crippen LogP contribution is 1.62. The topological polar surface area (TPSA) is 74.3 Å². The Morgan fingerprint density at radius 2 is 2.62 bits per heavy atom. The summed E-state index contributed by atoms with van der Waals surface area (Å²) in [5.74, 6) is 0. The van der Waals surface area contributed by atoms with Crippen molar-refractivity contribution in [3.63, 3.8) is 0 Å². The second-order valence-electron chi connectivity index (χ2n) is 1.18. The van der Waals surface area contributed by atoms with E-state index in [1.54, 1.807) is 7.05 Å². The fourth-order valence-electron chi connectivity index (χ4n) is 0.280. The molecule has 46 valence electrons. The van der Waals surface area contributed by atoms with E-state index in [1.165, 1.54) is 0 Å². The van der Waals surface area contributed by atoms with Gasteiger partial charge >= 0.3 is 0 Å². The summed E-state index contributed by atoms with van der Waals surface area (Å²) in [6, 6.07) is 0. The van der Waals surface area contributed by atoms with Gasteiger partial charge in [0.05, 0.1) is 5.71 Å². The molecule has 0 heterocycles. The molecule has 0 bridgehead atoms. The Hall–Kier alpha value is -0.900. The Balaban J connectivity index is 3.66. The molecule has 0 aromatic heterocycles. The standard InChI is InChI=1S/C4H10N4/c1-7-8-4(2-5)3-6/h2,5,7H,3,6H2,1H3/b5-2?,8-4+. The molecule has 4 nitrogen and oxygen atoms in total. The maximum atomic E-state index is 6.69. The van der Waals surface area contributed by atoms with Crippen molar-refractivity contribution in [2.45, 2.75) is 0 Å². The van der Waals surface area contributed by atoms with E-state index >= 15 is 0 Å². The second-order valence-corrected chi connectivity index (χ2v) is 1.18. The highest BCUT2D eigenvalue weighted by atomic mass is 15.3. The summed E-state index contributed by atoms with van der Waals surface area (Å²) in [5, 5.41) is 10.3. The van der Waals surface area contributed by atoms with Crippen LogP contribution in [0.25, 0.3) is 0 Å². The normalized spacial score (nSPS) is 11.0. The lowest BCUT2D eigenvalue weighted by molar-refractivity contribution is 0.899. The third-order valence-electron chi connectivity index (χ3n) is 0.631. The first kappa shape index (κ1) is 7.10. The molecule has 8 heavy (non-hydrogen) atoms. The zero-order valence-electron chi connectivity index (χ0n) is 4.81. The van der Waals surface area contributed by atoms with Crippen LogP contribution in [0.1, 0.15) is 0 Å². The Labute approximate surface area is 48.3 Å². The van der Waals surface area contributed by atoms with Gasteiger partial charge in [-0.25, -0.2) is 0 Å². The smallest absolute Gasteiger partial charge is 0.0913 e. The van der Waals surface area contributed by atoms with Crippen molar-refractivity contribution in [2.75, 3.05) is 13.6 Å². The van der Waals surface area contributed by atoms with E-state index in [2.05, 4.69) is 10.5 Å². The van der Waals surface area contributed by atoms with Crippen LogP contribution in [0.4, 0.5) is 0 Å². The van der Waals surface area contributed by atoms with Crippen LogP contribution in [0.2, 0.25) is 0 Å². The van der Waals surface area contributed by atoms with Gasteiger partial charge in [-0.15, -0.1) is 0 Å². The fraction of sp³-hybridized carbons (Fsp3) is 0.500. The highest BCUT2D eigenvalue weighted by molar-refractivity contribution is 6.30. The average molecular weight is 114 g/mol. The summed E-state index contributed by atoms with van der Waals surface area (Å²) in [4.78, 5) is 0. The van der Waals surface area contributed by atoms with Gasteiger partial charge in [0.25, 0.3) is 0 Å². The maximum Gasteiger partial charge on any atom is 0.0913 e. The van der Waals surface area contributed by atoms with Gasteiger partial charge in [-0.1, -0.05) is 0 Å². The van der Waals surface area contributed by atoms with Gasteiger partial charge in [-0.3, -0.25) is 0 Å². The molecular formula is C4H10N4. The molecule has 0 saturated heterocycles. The SMILES string of the molecule is CN/N=C(\C=N)CN. The monoisotopic (exact) mass is 114 g/mol. The first-order valence-electron chi connectivity index (χ1n) is 2.29. The van der Waals surface area contributed by atoms with Gasteiger partial charge in [-0.2, -0.15) is 5.10 Å². The van der Waals surface area contributed by atoms with Crippen molar-refractivity contribution >= 4 is 11.9 Å². The molecule has 0 unspecified atom stereocenters. The van der Waals surface area contributed by atoms with Gasteiger partial charge in [0, 0.05) is 19.8 Å². The van der Waals surface area contributed by atoms with E-state index in [9.17, 15) is 0 Å². The third-order valence-corrected chi connectivity index (χ3v) is 0.631. The maximum absolute atomic E-state index is 6.69. The Morgan fingerprint density at radius 3 is 2.75 bits per heavy atom. The summed E-state index contributed by atoms with van der Waals surface area (Å²) in [6.45, 7) is 0.310. The average Bonchev–Trinajstić information content (AvgIpc) is 1.83. The Kier molecular flexibility index (Phi) is 3.78. The molecule has 4 N–H and O–H groups in total. The third kappa shape index (κ3) is 2.30. The van der Waals surface area contributed by atoms with E-state index in [0.717, 1.165) is 6.21 Å². The van der Waals surface area contributed by atoms with Crippen LogP contribution in [-0.2, 0) is 0 Å². The lowest BCUT2D eigenvalue weighted by Crippen LogP contribution is -2.17. The van der Waals surface area contributed by atoms with Crippen molar-refractivity contribution < 1.29 is 0 Å². The lowest BCUT2D eigenvalue weighted by atomic mass is 10.4. The minimum absolute atomic E-state index is 0.310. The number of hydrogen-bond donors (Lipinski definition) is 3. The summed E-state index contributed by atoms with van der Waals surface area (Å²) in [6.07, 6.45) is 1.12. The molecule has 0 atom stereocenters. The van der Waals surface area contributed by atoms with Crippen molar-refractivity contribution in [3.8, 4) is 0 Å². The summed E-state index contributed by atoms with van der Waals surface area (Å²) in [7, 11) is 1.67. The van der Waals surface area contributed by atoms with Crippen molar-refractivity contribution in [1.82, 2.24) is 5.43 Å².